The topological polar surface area (TPSA) is 85.2 Å². The summed E-state index contributed by atoms with van der Waals surface area (Å²) in [5, 5.41) is 4.71. The highest BCUT2D eigenvalue weighted by Crippen LogP contribution is 2.33. The summed E-state index contributed by atoms with van der Waals surface area (Å²) in [4.78, 5) is 21.9. The molecule has 0 aliphatic carbocycles. The van der Waals surface area contributed by atoms with Gasteiger partial charge in [0.15, 0.2) is 0 Å². The quantitative estimate of drug-likeness (QED) is 0.763. The number of rotatable bonds is 2. The van der Waals surface area contributed by atoms with Crippen LogP contribution in [0.3, 0.4) is 0 Å². The molecule has 1 amide bonds. The maximum Gasteiger partial charge on any atom is 0.259 e. The molecule has 2 N–H and O–H groups in total. The van der Waals surface area contributed by atoms with Crippen LogP contribution in [0.15, 0.2) is 16.7 Å². The van der Waals surface area contributed by atoms with E-state index in [1.165, 1.54) is 9.75 Å². The van der Waals surface area contributed by atoms with Crippen molar-refractivity contribution in [2.24, 2.45) is 5.73 Å². The van der Waals surface area contributed by atoms with Crippen LogP contribution < -0.4 is 5.73 Å². The van der Waals surface area contributed by atoms with E-state index in [-0.39, 0.29) is 11.9 Å². The molecule has 0 spiro atoms. The van der Waals surface area contributed by atoms with Gasteiger partial charge in [0, 0.05) is 34.4 Å². The van der Waals surface area contributed by atoms with Crippen molar-refractivity contribution in [2.45, 2.75) is 33.2 Å². The molecule has 0 radical (unpaired) electrons. The first kappa shape index (κ1) is 16.2. The molecular formula is C18H20N4O2S. The van der Waals surface area contributed by atoms with Crippen molar-refractivity contribution in [2.75, 3.05) is 13.1 Å². The maximum absolute atomic E-state index is 13.1. The largest absolute Gasteiger partial charge is 0.337 e. The molecule has 1 aliphatic rings. The Kier molecular flexibility index (Phi) is 3.85. The molecule has 130 valence electrons. The van der Waals surface area contributed by atoms with Gasteiger partial charge in [-0.2, -0.15) is 0 Å². The summed E-state index contributed by atoms with van der Waals surface area (Å²) in [6.45, 7) is 7.22. The molecule has 6 nitrogen and oxygen atoms in total. The van der Waals surface area contributed by atoms with Crippen LogP contribution in [0, 0.1) is 20.8 Å². The first-order chi connectivity index (χ1) is 11.9. The Balaban J connectivity index is 1.88. The molecule has 7 heteroatoms. The minimum Gasteiger partial charge on any atom is -0.337 e. The lowest BCUT2D eigenvalue weighted by molar-refractivity contribution is 0.0792. The van der Waals surface area contributed by atoms with E-state index in [0.29, 0.717) is 35.4 Å². The standard InChI is InChI=1S/C18H20N4O2S/c1-9-6-13(11(3)25-9)15-7-14(16-10(2)21-24-17(16)20-15)18(23)22-5-4-12(19)8-22/h6-7,12H,4-5,8,19H2,1-3H3. The number of likely N-dealkylation sites (tertiary alicyclic amines) is 1. The van der Waals surface area contributed by atoms with Gasteiger partial charge in [-0.1, -0.05) is 5.16 Å². The average Bonchev–Trinajstić information content (AvgIpc) is 3.26. The molecule has 1 saturated heterocycles. The second kappa shape index (κ2) is 5.93. The van der Waals surface area contributed by atoms with Gasteiger partial charge < -0.3 is 15.2 Å². The maximum atomic E-state index is 13.1. The van der Waals surface area contributed by atoms with E-state index in [2.05, 4.69) is 30.1 Å². The lowest BCUT2D eigenvalue weighted by Crippen LogP contribution is -2.32. The number of hydrogen-bond acceptors (Lipinski definition) is 6. The third-order valence-electron chi connectivity index (χ3n) is 4.68. The fourth-order valence-corrected chi connectivity index (χ4v) is 4.36. The molecule has 1 fully saturated rings. The number of hydrogen-bond donors (Lipinski definition) is 1. The van der Waals surface area contributed by atoms with Crippen molar-refractivity contribution in [1.29, 1.82) is 0 Å². The van der Waals surface area contributed by atoms with E-state index < -0.39 is 0 Å². The predicted octanol–water partition coefficient (Wildman–Crippen LogP) is 3.05. The van der Waals surface area contributed by atoms with Gasteiger partial charge >= 0.3 is 0 Å². The lowest BCUT2D eigenvalue weighted by atomic mass is 10.0. The first-order valence-electron chi connectivity index (χ1n) is 8.33. The average molecular weight is 356 g/mol. The summed E-state index contributed by atoms with van der Waals surface area (Å²) >= 11 is 1.72. The van der Waals surface area contributed by atoms with Crippen LogP contribution in [0.1, 0.15) is 32.2 Å². The number of amides is 1. The van der Waals surface area contributed by atoms with Gasteiger partial charge in [0.1, 0.15) is 0 Å². The monoisotopic (exact) mass is 356 g/mol. The van der Waals surface area contributed by atoms with E-state index in [1.807, 2.05) is 13.0 Å². The minimum atomic E-state index is -0.0301. The molecule has 1 atom stereocenters. The number of carbonyl (C=O) groups excluding carboxylic acids is 1. The van der Waals surface area contributed by atoms with Crippen molar-refractivity contribution in [1.82, 2.24) is 15.0 Å². The van der Waals surface area contributed by atoms with Gasteiger partial charge in [0.25, 0.3) is 11.6 Å². The highest BCUT2D eigenvalue weighted by molar-refractivity contribution is 7.12. The van der Waals surface area contributed by atoms with Crippen LogP contribution in [0.25, 0.3) is 22.4 Å². The van der Waals surface area contributed by atoms with Crippen molar-refractivity contribution in [3.8, 4) is 11.3 Å². The zero-order valence-corrected chi connectivity index (χ0v) is 15.3. The number of carbonyl (C=O) groups is 1. The zero-order chi connectivity index (χ0) is 17.7. The van der Waals surface area contributed by atoms with Gasteiger partial charge in [0.05, 0.1) is 22.3 Å². The number of nitrogens with zero attached hydrogens (tertiary/aromatic N) is 3. The molecule has 3 aromatic heterocycles. The van der Waals surface area contributed by atoms with Crippen LogP contribution in [0.4, 0.5) is 0 Å². The molecule has 0 saturated carbocycles. The highest BCUT2D eigenvalue weighted by atomic mass is 32.1. The molecule has 1 aliphatic heterocycles. The summed E-state index contributed by atoms with van der Waals surface area (Å²) in [5.41, 5.74) is 9.43. The normalized spacial score (nSPS) is 17.6. The molecule has 0 aromatic carbocycles. The van der Waals surface area contributed by atoms with Crippen molar-refractivity contribution in [3.05, 3.63) is 33.1 Å². The minimum absolute atomic E-state index is 0.0301. The second-order valence-electron chi connectivity index (χ2n) is 6.63. The van der Waals surface area contributed by atoms with Crippen LogP contribution in [-0.2, 0) is 0 Å². The van der Waals surface area contributed by atoms with Gasteiger partial charge in [-0.05, 0) is 39.3 Å². The summed E-state index contributed by atoms with van der Waals surface area (Å²) in [7, 11) is 0. The molecular weight excluding hydrogens is 336 g/mol. The van der Waals surface area contributed by atoms with E-state index in [9.17, 15) is 4.79 Å². The number of fused-ring (bicyclic) bond motifs is 1. The van der Waals surface area contributed by atoms with Crippen LogP contribution in [0.2, 0.25) is 0 Å². The SMILES string of the molecule is Cc1cc(-c2cc(C(=O)N3CCC(N)C3)c3c(C)noc3n2)c(C)s1. The number of nitrogens with two attached hydrogens (primary N) is 1. The summed E-state index contributed by atoms with van der Waals surface area (Å²) < 4.78 is 5.38. The molecule has 25 heavy (non-hydrogen) atoms. The molecule has 4 rings (SSSR count). The fourth-order valence-electron chi connectivity index (χ4n) is 3.43. The third-order valence-corrected chi connectivity index (χ3v) is 5.64. The first-order valence-corrected chi connectivity index (χ1v) is 9.15. The summed E-state index contributed by atoms with van der Waals surface area (Å²) in [6.07, 6.45) is 0.832. The summed E-state index contributed by atoms with van der Waals surface area (Å²) in [5.74, 6) is -0.0301. The van der Waals surface area contributed by atoms with Gasteiger partial charge in [0.2, 0.25) is 0 Å². The third kappa shape index (κ3) is 2.73. The highest BCUT2D eigenvalue weighted by Gasteiger charge is 2.28. The zero-order valence-electron chi connectivity index (χ0n) is 14.5. The van der Waals surface area contributed by atoms with Gasteiger partial charge in [-0.15, -0.1) is 11.3 Å². The number of aryl methyl sites for hydroxylation is 3. The second-order valence-corrected chi connectivity index (χ2v) is 8.09. The smallest absolute Gasteiger partial charge is 0.259 e. The van der Waals surface area contributed by atoms with E-state index in [0.717, 1.165) is 17.7 Å². The Morgan fingerprint density at radius 2 is 2.16 bits per heavy atom. The van der Waals surface area contributed by atoms with E-state index >= 15 is 0 Å². The van der Waals surface area contributed by atoms with Crippen LogP contribution >= 0.6 is 11.3 Å². The van der Waals surface area contributed by atoms with Gasteiger partial charge in [-0.3, -0.25) is 4.79 Å². The van der Waals surface area contributed by atoms with Crippen LogP contribution in [-0.4, -0.2) is 40.1 Å². The number of aromatic nitrogens is 2. The molecule has 4 heterocycles. The Labute approximate surface area is 149 Å². The molecule has 3 aromatic rings. The molecule has 0 bridgehead atoms. The predicted molar refractivity (Wildman–Crippen MR) is 97.8 cm³/mol. The van der Waals surface area contributed by atoms with Crippen LogP contribution in [0.5, 0.6) is 0 Å². The van der Waals surface area contributed by atoms with E-state index in [1.54, 1.807) is 16.2 Å². The Bertz CT molecular complexity index is 975. The Morgan fingerprint density at radius 1 is 1.36 bits per heavy atom. The van der Waals surface area contributed by atoms with E-state index in [4.69, 9.17) is 10.3 Å². The van der Waals surface area contributed by atoms with Gasteiger partial charge in [-0.25, -0.2) is 4.98 Å². The van der Waals surface area contributed by atoms with Crippen molar-refractivity contribution < 1.29 is 9.32 Å². The number of thiophene rings is 1. The fraction of sp³-hybridized carbons (Fsp3) is 0.389. The van der Waals surface area contributed by atoms with Crippen molar-refractivity contribution >= 4 is 28.3 Å². The number of pyridine rings is 1. The Hall–Kier alpha value is -2.25. The van der Waals surface area contributed by atoms with Crippen molar-refractivity contribution in [3.63, 3.8) is 0 Å². The lowest BCUT2D eigenvalue weighted by Gasteiger charge is -2.16. The molecule has 1 unspecified atom stereocenters. The summed E-state index contributed by atoms with van der Waals surface area (Å²) in [6, 6.07) is 4.01. The Morgan fingerprint density at radius 3 is 2.80 bits per heavy atom.